The topological polar surface area (TPSA) is 39.8 Å². The summed E-state index contributed by atoms with van der Waals surface area (Å²) in [4.78, 5) is 16.3. The first-order chi connectivity index (χ1) is 7.74. The average molecular weight is 235 g/mol. The van der Waals surface area contributed by atoms with Crippen LogP contribution in [-0.4, -0.2) is 14.1 Å². The summed E-state index contributed by atoms with van der Waals surface area (Å²) in [6.07, 6.45) is 6.02. The van der Waals surface area contributed by atoms with Gasteiger partial charge in [0.2, 0.25) is 0 Å². The molecule has 0 atom stereocenters. The zero-order chi connectivity index (χ0) is 11.1. The summed E-state index contributed by atoms with van der Waals surface area (Å²) in [5.74, 6) is 0. The third-order valence-corrected chi connectivity index (χ3v) is 3.64. The first-order valence-electron chi connectivity index (χ1n) is 5.42. The highest BCUT2D eigenvalue weighted by atomic mass is 32.1. The van der Waals surface area contributed by atoms with Crippen LogP contribution in [-0.2, 0) is 6.54 Å². The van der Waals surface area contributed by atoms with Crippen LogP contribution in [0.5, 0.6) is 0 Å². The Balaban J connectivity index is 1.87. The predicted molar refractivity (Wildman–Crippen MR) is 62.9 cm³/mol. The quantitative estimate of drug-likeness (QED) is 0.813. The molecule has 0 amide bonds. The second kappa shape index (κ2) is 3.59. The van der Waals surface area contributed by atoms with E-state index in [2.05, 4.69) is 4.98 Å². The molecule has 2 aromatic heterocycles. The maximum atomic E-state index is 12.0. The van der Waals surface area contributed by atoms with E-state index in [0.29, 0.717) is 12.6 Å². The van der Waals surface area contributed by atoms with Crippen LogP contribution in [0.25, 0.3) is 0 Å². The Labute approximate surface area is 97.2 Å². The molecule has 1 fully saturated rings. The standard InChI is InChI=1S/C11H13N3OS/c1-8-12-9(7-16-8)6-13-4-5-14(11(13)15)10-2-3-10/h4-5,7,10H,2-3,6H2,1H3. The van der Waals surface area contributed by atoms with Gasteiger partial charge in [0.25, 0.3) is 0 Å². The number of thiazole rings is 1. The smallest absolute Gasteiger partial charge is 0.296 e. The van der Waals surface area contributed by atoms with E-state index in [4.69, 9.17) is 0 Å². The van der Waals surface area contributed by atoms with Gasteiger partial charge in [-0.05, 0) is 19.8 Å². The molecule has 0 N–H and O–H groups in total. The Hall–Kier alpha value is -1.36. The van der Waals surface area contributed by atoms with Crippen LogP contribution >= 0.6 is 11.3 Å². The van der Waals surface area contributed by atoms with Crippen LogP contribution in [0.1, 0.15) is 29.6 Å². The van der Waals surface area contributed by atoms with E-state index in [0.717, 1.165) is 23.5 Å². The Morgan fingerprint density at radius 1 is 1.50 bits per heavy atom. The minimum Gasteiger partial charge on any atom is -0.296 e. The van der Waals surface area contributed by atoms with Gasteiger partial charge >= 0.3 is 5.69 Å². The lowest BCUT2D eigenvalue weighted by Gasteiger charge is -1.98. The third kappa shape index (κ3) is 1.71. The fourth-order valence-corrected chi connectivity index (χ4v) is 2.44. The predicted octanol–water partition coefficient (Wildman–Crippen LogP) is 1.80. The van der Waals surface area contributed by atoms with Gasteiger partial charge < -0.3 is 0 Å². The molecule has 0 saturated heterocycles. The molecular formula is C11H13N3OS. The maximum absolute atomic E-state index is 12.0. The summed E-state index contributed by atoms with van der Waals surface area (Å²) in [6, 6.07) is 0.450. The fourth-order valence-electron chi connectivity index (χ4n) is 1.83. The van der Waals surface area contributed by atoms with E-state index in [1.165, 1.54) is 0 Å². The molecule has 84 valence electrons. The van der Waals surface area contributed by atoms with Crippen LogP contribution in [0, 0.1) is 6.92 Å². The van der Waals surface area contributed by atoms with Crippen molar-refractivity contribution in [3.63, 3.8) is 0 Å². The first-order valence-corrected chi connectivity index (χ1v) is 6.30. The van der Waals surface area contributed by atoms with Crippen LogP contribution in [0.15, 0.2) is 22.6 Å². The largest absolute Gasteiger partial charge is 0.328 e. The zero-order valence-corrected chi connectivity index (χ0v) is 9.91. The molecule has 3 rings (SSSR count). The van der Waals surface area contributed by atoms with Gasteiger partial charge in [-0.1, -0.05) is 0 Å². The van der Waals surface area contributed by atoms with Gasteiger partial charge in [0.15, 0.2) is 0 Å². The molecule has 2 heterocycles. The minimum atomic E-state index is 0.0909. The molecule has 2 aromatic rings. The third-order valence-electron chi connectivity index (χ3n) is 2.81. The molecule has 16 heavy (non-hydrogen) atoms. The molecule has 5 heteroatoms. The van der Waals surface area contributed by atoms with Crippen molar-refractivity contribution in [1.82, 2.24) is 14.1 Å². The van der Waals surface area contributed by atoms with Crippen LogP contribution < -0.4 is 5.69 Å². The number of hydrogen-bond donors (Lipinski definition) is 0. The molecule has 0 unspecified atom stereocenters. The van der Waals surface area contributed by atoms with Gasteiger partial charge in [0.05, 0.1) is 17.2 Å². The molecule has 0 aromatic carbocycles. The molecule has 1 aliphatic rings. The number of aryl methyl sites for hydroxylation is 1. The van der Waals surface area contributed by atoms with Crippen molar-refractivity contribution >= 4 is 11.3 Å². The van der Waals surface area contributed by atoms with E-state index in [-0.39, 0.29) is 5.69 Å². The van der Waals surface area contributed by atoms with Gasteiger partial charge in [-0.2, -0.15) is 0 Å². The summed E-state index contributed by atoms with van der Waals surface area (Å²) < 4.78 is 3.56. The van der Waals surface area contributed by atoms with Gasteiger partial charge in [-0.15, -0.1) is 11.3 Å². The lowest BCUT2D eigenvalue weighted by molar-refractivity contribution is 0.651. The monoisotopic (exact) mass is 235 g/mol. The van der Waals surface area contributed by atoms with E-state index in [9.17, 15) is 4.79 Å². The van der Waals surface area contributed by atoms with Crippen molar-refractivity contribution in [2.75, 3.05) is 0 Å². The number of imidazole rings is 1. The Bertz CT molecular complexity index is 562. The molecular weight excluding hydrogens is 222 g/mol. The SMILES string of the molecule is Cc1nc(Cn2ccn(C3CC3)c2=O)cs1. The van der Waals surface area contributed by atoms with E-state index >= 15 is 0 Å². The average Bonchev–Trinajstić information content (AvgIpc) is 2.93. The summed E-state index contributed by atoms with van der Waals surface area (Å²) in [5, 5.41) is 3.06. The Kier molecular flexibility index (Phi) is 2.21. The number of hydrogen-bond acceptors (Lipinski definition) is 3. The first kappa shape index (κ1) is 9.84. The zero-order valence-electron chi connectivity index (χ0n) is 9.09. The van der Waals surface area contributed by atoms with Crippen molar-refractivity contribution in [3.05, 3.63) is 39.0 Å². The number of rotatable bonds is 3. The van der Waals surface area contributed by atoms with Crippen molar-refractivity contribution in [2.24, 2.45) is 0 Å². The second-order valence-electron chi connectivity index (χ2n) is 4.20. The molecule has 0 spiro atoms. The minimum absolute atomic E-state index is 0.0909. The van der Waals surface area contributed by atoms with Crippen molar-refractivity contribution in [1.29, 1.82) is 0 Å². The normalized spacial score (nSPS) is 15.6. The molecule has 4 nitrogen and oxygen atoms in total. The van der Waals surface area contributed by atoms with E-state index < -0.39 is 0 Å². The maximum Gasteiger partial charge on any atom is 0.328 e. The highest BCUT2D eigenvalue weighted by Gasteiger charge is 2.25. The molecule has 0 radical (unpaired) electrons. The summed E-state index contributed by atoms with van der Waals surface area (Å²) in [5.41, 5.74) is 1.06. The number of nitrogens with zero attached hydrogens (tertiary/aromatic N) is 3. The van der Waals surface area contributed by atoms with Gasteiger partial charge in [0, 0.05) is 23.8 Å². The van der Waals surface area contributed by atoms with E-state index in [1.807, 2.05) is 29.3 Å². The van der Waals surface area contributed by atoms with Crippen molar-refractivity contribution < 1.29 is 0 Å². The molecule has 0 bridgehead atoms. The Morgan fingerprint density at radius 3 is 2.94 bits per heavy atom. The summed E-state index contributed by atoms with van der Waals surface area (Å²) in [7, 11) is 0. The van der Waals surface area contributed by atoms with Crippen molar-refractivity contribution in [3.8, 4) is 0 Å². The van der Waals surface area contributed by atoms with Crippen LogP contribution in [0.3, 0.4) is 0 Å². The highest BCUT2D eigenvalue weighted by Crippen LogP contribution is 2.33. The van der Waals surface area contributed by atoms with Crippen molar-refractivity contribution in [2.45, 2.75) is 32.4 Å². The molecule has 1 saturated carbocycles. The summed E-state index contributed by atoms with van der Waals surface area (Å²) in [6.45, 7) is 2.56. The van der Waals surface area contributed by atoms with Gasteiger partial charge in [0.1, 0.15) is 0 Å². The van der Waals surface area contributed by atoms with Crippen LogP contribution in [0.2, 0.25) is 0 Å². The summed E-state index contributed by atoms with van der Waals surface area (Å²) >= 11 is 1.62. The lowest BCUT2D eigenvalue weighted by atomic mass is 10.5. The highest BCUT2D eigenvalue weighted by molar-refractivity contribution is 7.09. The molecule has 1 aliphatic carbocycles. The second-order valence-corrected chi connectivity index (χ2v) is 5.27. The van der Waals surface area contributed by atoms with Gasteiger partial charge in [-0.25, -0.2) is 9.78 Å². The fraction of sp³-hybridized carbons (Fsp3) is 0.455. The number of aromatic nitrogens is 3. The van der Waals surface area contributed by atoms with E-state index in [1.54, 1.807) is 15.9 Å². The van der Waals surface area contributed by atoms with Crippen LogP contribution in [0.4, 0.5) is 0 Å². The molecule has 0 aliphatic heterocycles. The Morgan fingerprint density at radius 2 is 2.31 bits per heavy atom. The van der Waals surface area contributed by atoms with Gasteiger partial charge in [-0.3, -0.25) is 9.13 Å². The lowest BCUT2D eigenvalue weighted by Crippen LogP contribution is -2.23.